The first-order valence-corrected chi connectivity index (χ1v) is 11.1. The van der Waals surface area contributed by atoms with E-state index in [4.69, 9.17) is 9.47 Å². The highest BCUT2D eigenvalue weighted by molar-refractivity contribution is 6.02. The lowest BCUT2D eigenvalue weighted by molar-refractivity contribution is -0.119. The second kappa shape index (κ2) is 11.7. The Morgan fingerprint density at radius 1 is 1.12 bits per heavy atom. The molecular weight excluding hydrogens is 418 g/mol. The van der Waals surface area contributed by atoms with Gasteiger partial charge in [-0.25, -0.2) is 0 Å². The van der Waals surface area contributed by atoms with Gasteiger partial charge >= 0.3 is 0 Å². The molecule has 3 rings (SSSR count). The van der Waals surface area contributed by atoms with Crippen LogP contribution in [0.2, 0.25) is 0 Å². The van der Waals surface area contributed by atoms with E-state index in [1.807, 2.05) is 24.3 Å². The fourth-order valence-electron chi connectivity index (χ4n) is 3.85. The van der Waals surface area contributed by atoms with Gasteiger partial charge in [-0.3, -0.25) is 9.59 Å². The molecule has 0 unspecified atom stereocenters. The number of rotatable bonds is 8. The van der Waals surface area contributed by atoms with Crippen LogP contribution in [0.5, 0.6) is 11.5 Å². The second-order valence-electron chi connectivity index (χ2n) is 8.12. The lowest BCUT2D eigenvalue weighted by atomic mass is 9.86. The summed E-state index contributed by atoms with van der Waals surface area (Å²) in [6.07, 6.45) is 5.80. The minimum Gasteiger partial charge on any atom is -0.493 e. The molecule has 172 valence electrons. The van der Waals surface area contributed by atoms with Gasteiger partial charge in [0.1, 0.15) is 11.6 Å². The third kappa shape index (κ3) is 6.84. The Kier molecular flexibility index (Phi) is 8.48. The van der Waals surface area contributed by atoms with Crippen molar-refractivity contribution in [1.82, 2.24) is 5.32 Å². The molecule has 0 bridgehead atoms. The molecule has 33 heavy (non-hydrogen) atoms. The standard InChI is InChI=1S/C26H29N3O4/c1-18-8-6-7-11-22(18)29-26(31)20(16-27)14-19-12-13-23(24(15-19)32-2)33-17-25(30)28-21-9-4-3-5-10-21/h3-5,9-10,12-15,18,22H,6-8,11,17H2,1-2H3,(H,28,30)(H,29,31)/b20-14+/t18-,22+/m1/s1. The van der Waals surface area contributed by atoms with Gasteiger partial charge in [0, 0.05) is 11.7 Å². The number of nitrogens with one attached hydrogen (secondary N) is 2. The van der Waals surface area contributed by atoms with Crippen molar-refractivity contribution < 1.29 is 19.1 Å². The van der Waals surface area contributed by atoms with E-state index < -0.39 is 0 Å². The van der Waals surface area contributed by atoms with Crippen molar-refractivity contribution in [2.45, 2.75) is 38.6 Å². The molecule has 0 aliphatic heterocycles. The van der Waals surface area contributed by atoms with Crippen LogP contribution in [0.25, 0.3) is 6.08 Å². The maximum atomic E-state index is 12.6. The Bertz CT molecular complexity index is 1040. The van der Waals surface area contributed by atoms with Gasteiger partial charge in [-0.05, 0) is 54.7 Å². The predicted molar refractivity (Wildman–Crippen MR) is 127 cm³/mol. The molecule has 2 aromatic carbocycles. The van der Waals surface area contributed by atoms with Gasteiger partial charge in [-0.1, -0.05) is 44.0 Å². The van der Waals surface area contributed by atoms with Crippen molar-refractivity contribution >= 4 is 23.6 Å². The summed E-state index contributed by atoms with van der Waals surface area (Å²) in [5.74, 6) is 0.519. The van der Waals surface area contributed by atoms with E-state index in [0.717, 1.165) is 19.3 Å². The molecule has 2 amide bonds. The normalized spacial score (nSPS) is 18.0. The number of amides is 2. The maximum Gasteiger partial charge on any atom is 0.262 e. The number of carbonyl (C=O) groups is 2. The molecular formula is C26H29N3O4. The van der Waals surface area contributed by atoms with E-state index in [1.165, 1.54) is 19.6 Å². The Balaban J connectivity index is 1.64. The number of nitriles is 1. The third-order valence-corrected chi connectivity index (χ3v) is 5.71. The highest BCUT2D eigenvalue weighted by Gasteiger charge is 2.24. The molecule has 2 N–H and O–H groups in total. The molecule has 2 aromatic rings. The highest BCUT2D eigenvalue weighted by Crippen LogP contribution is 2.29. The van der Waals surface area contributed by atoms with Gasteiger partial charge < -0.3 is 20.1 Å². The third-order valence-electron chi connectivity index (χ3n) is 5.71. The van der Waals surface area contributed by atoms with E-state index in [0.29, 0.717) is 28.7 Å². The van der Waals surface area contributed by atoms with E-state index in [9.17, 15) is 14.9 Å². The second-order valence-corrected chi connectivity index (χ2v) is 8.12. The Morgan fingerprint density at radius 2 is 1.88 bits per heavy atom. The van der Waals surface area contributed by atoms with E-state index in [-0.39, 0.29) is 30.0 Å². The fraction of sp³-hybridized carbons (Fsp3) is 0.346. The van der Waals surface area contributed by atoms with E-state index >= 15 is 0 Å². The molecule has 1 fully saturated rings. The van der Waals surface area contributed by atoms with Crippen LogP contribution in [0.1, 0.15) is 38.2 Å². The minimum atomic E-state index is -0.367. The molecule has 1 saturated carbocycles. The molecule has 7 nitrogen and oxygen atoms in total. The first-order valence-electron chi connectivity index (χ1n) is 11.1. The van der Waals surface area contributed by atoms with Crippen molar-refractivity contribution in [2.75, 3.05) is 19.0 Å². The van der Waals surface area contributed by atoms with Crippen LogP contribution in [0.3, 0.4) is 0 Å². The summed E-state index contributed by atoms with van der Waals surface area (Å²) in [6, 6.07) is 16.2. The summed E-state index contributed by atoms with van der Waals surface area (Å²) < 4.78 is 11.0. The molecule has 0 aromatic heterocycles. The van der Waals surface area contributed by atoms with Crippen LogP contribution in [-0.4, -0.2) is 31.6 Å². The minimum absolute atomic E-state index is 0.0331. The Labute approximate surface area is 194 Å². The summed E-state index contributed by atoms with van der Waals surface area (Å²) in [5.41, 5.74) is 1.34. The van der Waals surface area contributed by atoms with Crippen molar-refractivity contribution in [2.24, 2.45) is 5.92 Å². The maximum absolute atomic E-state index is 12.6. The molecule has 1 aliphatic rings. The average molecular weight is 448 g/mol. The molecule has 2 atom stereocenters. The number of anilines is 1. The number of para-hydroxylation sites is 1. The van der Waals surface area contributed by atoms with Gasteiger partial charge in [0.25, 0.3) is 11.8 Å². The predicted octanol–water partition coefficient (Wildman–Crippen LogP) is 4.31. The number of hydrogen-bond acceptors (Lipinski definition) is 5. The SMILES string of the molecule is COc1cc(/C=C(\C#N)C(=O)N[C@H]2CCCC[C@H]2C)ccc1OCC(=O)Nc1ccccc1. The van der Waals surface area contributed by atoms with Gasteiger partial charge in [-0.2, -0.15) is 5.26 Å². The molecule has 0 spiro atoms. The number of hydrogen-bond donors (Lipinski definition) is 2. The topological polar surface area (TPSA) is 100 Å². The van der Waals surface area contributed by atoms with Gasteiger partial charge in [0.2, 0.25) is 0 Å². The van der Waals surface area contributed by atoms with Crippen molar-refractivity contribution in [3.05, 3.63) is 59.7 Å². The first-order chi connectivity index (χ1) is 16.0. The smallest absolute Gasteiger partial charge is 0.262 e. The van der Waals surface area contributed by atoms with Crippen molar-refractivity contribution in [1.29, 1.82) is 5.26 Å². The first kappa shape index (κ1) is 23.9. The molecule has 7 heteroatoms. The summed E-state index contributed by atoms with van der Waals surface area (Å²) in [6.45, 7) is 1.94. The number of methoxy groups -OCH3 is 1. The number of benzene rings is 2. The highest BCUT2D eigenvalue weighted by atomic mass is 16.5. The van der Waals surface area contributed by atoms with E-state index in [1.54, 1.807) is 30.3 Å². The summed E-state index contributed by atoms with van der Waals surface area (Å²) in [4.78, 5) is 24.8. The zero-order valence-electron chi connectivity index (χ0n) is 19.0. The zero-order valence-corrected chi connectivity index (χ0v) is 19.0. The summed E-state index contributed by atoms with van der Waals surface area (Å²) in [7, 11) is 1.49. The largest absolute Gasteiger partial charge is 0.493 e. The van der Waals surface area contributed by atoms with E-state index in [2.05, 4.69) is 17.6 Å². The van der Waals surface area contributed by atoms with Crippen molar-refractivity contribution in [3.8, 4) is 17.6 Å². The summed E-state index contributed by atoms with van der Waals surface area (Å²) in [5, 5.41) is 15.3. The van der Waals surface area contributed by atoms with Crippen molar-refractivity contribution in [3.63, 3.8) is 0 Å². The number of carbonyl (C=O) groups excluding carboxylic acids is 2. The Morgan fingerprint density at radius 3 is 2.58 bits per heavy atom. The Hall–Kier alpha value is -3.79. The van der Waals surface area contributed by atoms with Gasteiger partial charge in [-0.15, -0.1) is 0 Å². The quantitative estimate of drug-likeness (QED) is 0.464. The van der Waals surface area contributed by atoms with Crippen LogP contribution in [0.4, 0.5) is 5.69 Å². The monoisotopic (exact) mass is 447 g/mol. The van der Waals surface area contributed by atoms with Crippen LogP contribution in [0.15, 0.2) is 54.1 Å². The fourth-order valence-corrected chi connectivity index (χ4v) is 3.85. The van der Waals surface area contributed by atoms with Crippen LogP contribution in [-0.2, 0) is 9.59 Å². The zero-order chi connectivity index (χ0) is 23.6. The number of ether oxygens (including phenoxy) is 2. The van der Waals surface area contributed by atoms with Crippen LogP contribution < -0.4 is 20.1 Å². The van der Waals surface area contributed by atoms with Crippen LogP contribution >= 0.6 is 0 Å². The van der Waals surface area contributed by atoms with Crippen LogP contribution in [0, 0.1) is 17.2 Å². The average Bonchev–Trinajstić information content (AvgIpc) is 2.83. The summed E-state index contributed by atoms with van der Waals surface area (Å²) >= 11 is 0. The lowest BCUT2D eigenvalue weighted by Gasteiger charge is -2.29. The molecule has 0 radical (unpaired) electrons. The van der Waals surface area contributed by atoms with Gasteiger partial charge in [0.05, 0.1) is 7.11 Å². The number of nitrogens with zero attached hydrogens (tertiary/aromatic N) is 1. The molecule has 1 aliphatic carbocycles. The molecule has 0 heterocycles. The lowest BCUT2D eigenvalue weighted by Crippen LogP contribution is -2.41. The van der Waals surface area contributed by atoms with Gasteiger partial charge in [0.15, 0.2) is 18.1 Å². The molecule has 0 saturated heterocycles.